The van der Waals surface area contributed by atoms with E-state index in [0.717, 1.165) is 31.5 Å². The van der Waals surface area contributed by atoms with Gasteiger partial charge >= 0.3 is 0 Å². The zero-order chi connectivity index (χ0) is 14.1. The third-order valence-electron chi connectivity index (χ3n) is 3.92. The number of rotatable bonds is 4. The third-order valence-corrected chi connectivity index (χ3v) is 3.92. The molecule has 1 aliphatic rings. The fourth-order valence-corrected chi connectivity index (χ4v) is 2.86. The van der Waals surface area contributed by atoms with E-state index in [9.17, 15) is 0 Å². The van der Waals surface area contributed by atoms with Crippen LogP contribution in [0.2, 0.25) is 0 Å². The topological polar surface area (TPSA) is 29.9 Å². The lowest BCUT2D eigenvalue weighted by Gasteiger charge is -2.07. The van der Waals surface area contributed by atoms with Crippen LogP contribution in [0.3, 0.4) is 0 Å². The van der Waals surface area contributed by atoms with Gasteiger partial charge in [-0.25, -0.2) is 4.68 Å². The standard InChI is InChI=1S/C17H23N3/c1-4-13-5-7-14(8-6-13)20-17-15(9-10-18-17)16(19-20)11-12(2)3/h5-8,12,18H,4,9-11H2,1-3H3. The summed E-state index contributed by atoms with van der Waals surface area (Å²) in [5.74, 6) is 1.84. The molecular formula is C17H23N3. The number of hydrogen-bond donors (Lipinski definition) is 1. The normalized spacial score (nSPS) is 13.6. The second-order valence-electron chi connectivity index (χ2n) is 5.98. The van der Waals surface area contributed by atoms with Crippen molar-refractivity contribution < 1.29 is 0 Å². The van der Waals surface area contributed by atoms with Gasteiger partial charge in [-0.15, -0.1) is 0 Å². The van der Waals surface area contributed by atoms with Crippen LogP contribution in [-0.4, -0.2) is 16.3 Å². The summed E-state index contributed by atoms with van der Waals surface area (Å²) in [6.45, 7) is 7.72. The first-order valence-electron chi connectivity index (χ1n) is 7.63. The van der Waals surface area contributed by atoms with E-state index in [-0.39, 0.29) is 0 Å². The molecule has 3 heteroatoms. The van der Waals surface area contributed by atoms with Crippen LogP contribution in [0, 0.1) is 5.92 Å². The molecule has 1 aromatic heterocycles. The highest BCUT2D eigenvalue weighted by Crippen LogP contribution is 2.30. The van der Waals surface area contributed by atoms with Crippen LogP contribution < -0.4 is 5.32 Å². The van der Waals surface area contributed by atoms with E-state index < -0.39 is 0 Å². The quantitative estimate of drug-likeness (QED) is 0.919. The molecule has 1 aromatic carbocycles. The number of nitrogens with zero attached hydrogens (tertiary/aromatic N) is 2. The smallest absolute Gasteiger partial charge is 0.133 e. The van der Waals surface area contributed by atoms with Gasteiger partial charge in [0.2, 0.25) is 0 Å². The van der Waals surface area contributed by atoms with Crippen molar-refractivity contribution in [3.8, 4) is 5.69 Å². The third kappa shape index (κ3) is 2.33. The Morgan fingerprint density at radius 1 is 1.25 bits per heavy atom. The van der Waals surface area contributed by atoms with Crippen molar-refractivity contribution in [1.29, 1.82) is 0 Å². The Kier molecular flexibility index (Phi) is 3.51. The second kappa shape index (κ2) is 5.31. The molecule has 106 valence electrons. The predicted octanol–water partition coefficient (Wildman–Crippen LogP) is 3.60. The number of nitrogens with one attached hydrogen (secondary N) is 1. The average Bonchev–Trinajstić information content (AvgIpc) is 3.02. The van der Waals surface area contributed by atoms with Gasteiger partial charge in [0, 0.05) is 12.1 Å². The average molecular weight is 269 g/mol. The number of aryl methyl sites for hydroxylation is 1. The van der Waals surface area contributed by atoms with E-state index in [1.807, 2.05) is 0 Å². The zero-order valence-corrected chi connectivity index (χ0v) is 12.6. The maximum absolute atomic E-state index is 4.85. The molecule has 0 saturated heterocycles. The van der Waals surface area contributed by atoms with Crippen molar-refractivity contribution in [2.24, 2.45) is 5.92 Å². The molecule has 20 heavy (non-hydrogen) atoms. The first-order chi connectivity index (χ1) is 9.69. The first-order valence-corrected chi connectivity index (χ1v) is 7.63. The van der Waals surface area contributed by atoms with E-state index in [4.69, 9.17) is 5.10 Å². The van der Waals surface area contributed by atoms with Crippen molar-refractivity contribution in [3.63, 3.8) is 0 Å². The molecule has 0 fully saturated rings. The Balaban J connectivity index is 2.00. The van der Waals surface area contributed by atoms with Crippen LogP contribution in [0.5, 0.6) is 0 Å². The summed E-state index contributed by atoms with van der Waals surface area (Å²) in [5, 5.41) is 8.34. The molecule has 0 atom stereocenters. The molecule has 0 spiro atoms. The lowest BCUT2D eigenvalue weighted by atomic mass is 10.0. The van der Waals surface area contributed by atoms with E-state index in [1.165, 1.54) is 22.6 Å². The minimum Gasteiger partial charge on any atom is -0.369 e. The summed E-state index contributed by atoms with van der Waals surface area (Å²) in [5.41, 5.74) is 5.20. The molecular weight excluding hydrogens is 246 g/mol. The van der Waals surface area contributed by atoms with Crippen molar-refractivity contribution in [2.45, 2.75) is 40.0 Å². The van der Waals surface area contributed by atoms with E-state index in [1.54, 1.807) is 0 Å². The summed E-state index contributed by atoms with van der Waals surface area (Å²) >= 11 is 0. The summed E-state index contributed by atoms with van der Waals surface area (Å²) in [7, 11) is 0. The van der Waals surface area contributed by atoms with Crippen LogP contribution >= 0.6 is 0 Å². The fourth-order valence-electron chi connectivity index (χ4n) is 2.86. The number of benzene rings is 1. The van der Waals surface area contributed by atoms with Gasteiger partial charge in [0.25, 0.3) is 0 Å². The summed E-state index contributed by atoms with van der Waals surface area (Å²) < 4.78 is 2.08. The first kappa shape index (κ1) is 13.2. The maximum atomic E-state index is 4.85. The second-order valence-corrected chi connectivity index (χ2v) is 5.98. The van der Waals surface area contributed by atoms with Crippen LogP contribution in [0.1, 0.15) is 37.6 Å². The molecule has 0 amide bonds. The number of anilines is 1. The molecule has 2 heterocycles. The minimum atomic E-state index is 0.644. The number of aromatic nitrogens is 2. The maximum Gasteiger partial charge on any atom is 0.133 e. The highest BCUT2D eigenvalue weighted by molar-refractivity contribution is 5.57. The fraction of sp³-hybridized carbons (Fsp3) is 0.471. The van der Waals surface area contributed by atoms with Gasteiger partial charge in [0.1, 0.15) is 5.82 Å². The molecule has 0 aliphatic carbocycles. The lowest BCUT2D eigenvalue weighted by molar-refractivity contribution is 0.624. The molecule has 0 saturated carbocycles. The highest BCUT2D eigenvalue weighted by Gasteiger charge is 2.23. The highest BCUT2D eigenvalue weighted by atomic mass is 15.3. The molecule has 2 aromatic rings. The monoisotopic (exact) mass is 269 g/mol. The molecule has 3 nitrogen and oxygen atoms in total. The molecule has 0 radical (unpaired) electrons. The van der Waals surface area contributed by atoms with Crippen molar-refractivity contribution >= 4 is 5.82 Å². The van der Waals surface area contributed by atoms with Crippen molar-refractivity contribution in [2.75, 3.05) is 11.9 Å². The van der Waals surface area contributed by atoms with Gasteiger partial charge in [-0.3, -0.25) is 0 Å². The molecule has 1 N–H and O–H groups in total. The van der Waals surface area contributed by atoms with E-state index in [2.05, 4.69) is 55.0 Å². The Morgan fingerprint density at radius 2 is 2.00 bits per heavy atom. The molecule has 3 rings (SSSR count). The van der Waals surface area contributed by atoms with Crippen molar-refractivity contribution in [1.82, 2.24) is 9.78 Å². The SMILES string of the molecule is CCc1ccc(-n2nc(CC(C)C)c3c2NCC3)cc1. The minimum absolute atomic E-state index is 0.644. The Morgan fingerprint density at radius 3 is 2.65 bits per heavy atom. The number of fused-ring (bicyclic) bond motifs is 1. The van der Waals surface area contributed by atoms with Gasteiger partial charge < -0.3 is 5.32 Å². The Bertz CT molecular complexity index is 593. The van der Waals surface area contributed by atoms with Crippen LogP contribution in [-0.2, 0) is 19.3 Å². The number of hydrogen-bond acceptors (Lipinski definition) is 2. The van der Waals surface area contributed by atoms with Crippen LogP contribution in [0.25, 0.3) is 5.69 Å². The summed E-state index contributed by atoms with van der Waals surface area (Å²) in [6.07, 6.45) is 3.24. The molecule has 0 unspecified atom stereocenters. The van der Waals surface area contributed by atoms with E-state index >= 15 is 0 Å². The summed E-state index contributed by atoms with van der Waals surface area (Å²) in [4.78, 5) is 0. The lowest BCUT2D eigenvalue weighted by Crippen LogP contribution is -2.06. The van der Waals surface area contributed by atoms with Gasteiger partial charge in [-0.2, -0.15) is 5.10 Å². The van der Waals surface area contributed by atoms with Gasteiger partial charge in [-0.05, 0) is 42.9 Å². The van der Waals surface area contributed by atoms with Gasteiger partial charge in [-0.1, -0.05) is 32.9 Å². The summed E-state index contributed by atoms with van der Waals surface area (Å²) in [6, 6.07) is 8.73. The van der Waals surface area contributed by atoms with Crippen molar-refractivity contribution in [3.05, 3.63) is 41.1 Å². The Hall–Kier alpha value is -1.77. The molecule has 0 bridgehead atoms. The predicted molar refractivity (Wildman–Crippen MR) is 83.7 cm³/mol. The van der Waals surface area contributed by atoms with Gasteiger partial charge in [0.05, 0.1) is 11.4 Å². The van der Waals surface area contributed by atoms with Crippen LogP contribution in [0.4, 0.5) is 5.82 Å². The van der Waals surface area contributed by atoms with Crippen LogP contribution in [0.15, 0.2) is 24.3 Å². The van der Waals surface area contributed by atoms with E-state index in [0.29, 0.717) is 5.92 Å². The molecule has 1 aliphatic heterocycles. The largest absolute Gasteiger partial charge is 0.369 e. The zero-order valence-electron chi connectivity index (χ0n) is 12.6. The Labute approximate surface area is 121 Å². The van der Waals surface area contributed by atoms with Gasteiger partial charge in [0.15, 0.2) is 0 Å².